The second kappa shape index (κ2) is 16.9. The number of aliphatic hydroxyl groups excluding tert-OH is 1. The van der Waals surface area contributed by atoms with Crippen molar-refractivity contribution >= 4 is 5.97 Å². The molecule has 0 spiro atoms. The van der Waals surface area contributed by atoms with Gasteiger partial charge in [-0.2, -0.15) is 0 Å². The van der Waals surface area contributed by atoms with Crippen LogP contribution in [0.1, 0.15) is 45.4 Å². The third-order valence-electron chi connectivity index (χ3n) is 3.29. The van der Waals surface area contributed by atoms with Crippen molar-refractivity contribution in [2.24, 2.45) is 0 Å². The molecule has 0 rings (SSSR count). The molecule has 140 valence electrons. The van der Waals surface area contributed by atoms with E-state index in [9.17, 15) is 15.0 Å². The Morgan fingerprint density at radius 2 is 1.64 bits per heavy atom. The van der Waals surface area contributed by atoms with Gasteiger partial charge >= 0.3 is 0 Å². The van der Waals surface area contributed by atoms with Gasteiger partial charge in [-0.3, -0.25) is 5.26 Å². The molecule has 5 heteroatoms. The molecular formula is C20H29O5-. The molecule has 0 heterocycles. The molecule has 0 aliphatic carbocycles. The summed E-state index contributed by atoms with van der Waals surface area (Å²) >= 11 is 0. The molecule has 0 aliphatic rings. The summed E-state index contributed by atoms with van der Waals surface area (Å²) in [4.78, 5) is 14.6. The molecule has 0 aromatic carbocycles. The zero-order chi connectivity index (χ0) is 18.8. The van der Waals surface area contributed by atoms with Crippen LogP contribution < -0.4 is 5.11 Å². The van der Waals surface area contributed by atoms with Gasteiger partial charge in [-0.25, -0.2) is 4.89 Å². The molecule has 0 fully saturated rings. The molecule has 0 saturated heterocycles. The first-order chi connectivity index (χ1) is 12.1. The lowest BCUT2D eigenvalue weighted by molar-refractivity contribution is -0.306. The van der Waals surface area contributed by atoms with E-state index in [-0.39, 0.29) is 12.5 Å². The Hall–Kier alpha value is -1.95. The minimum absolute atomic E-state index is 0.0439. The number of carbonyl (C=O) groups is 1. The van der Waals surface area contributed by atoms with Crippen molar-refractivity contribution in [3.8, 4) is 0 Å². The Kier molecular flexibility index (Phi) is 15.6. The van der Waals surface area contributed by atoms with Crippen LogP contribution in [0, 0.1) is 0 Å². The molecule has 0 saturated carbocycles. The maximum absolute atomic E-state index is 10.3. The van der Waals surface area contributed by atoms with Gasteiger partial charge < -0.3 is 15.0 Å². The number of hydrogen-bond acceptors (Lipinski definition) is 5. The standard InChI is InChI=1S/C20H30O5/c1-2-18(21)14-11-9-7-5-3-4-6-8-10-12-15-19(25-24)16-13-17-20(22)23/h3-4,7-12,14-15,18-19,21,24H,2,5-6,13,16-17H2,1H3,(H,22,23)/p-1/b4-3-,9-7-,10-8-,14-11+,15-12+/t18?,19-/m1/s1. The minimum atomic E-state index is -1.10. The number of hydrogen-bond donors (Lipinski definition) is 2. The van der Waals surface area contributed by atoms with Crippen LogP contribution in [0.3, 0.4) is 0 Å². The third-order valence-corrected chi connectivity index (χ3v) is 3.29. The molecule has 1 unspecified atom stereocenters. The molecule has 25 heavy (non-hydrogen) atoms. The van der Waals surface area contributed by atoms with Gasteiger partial charge in [0.2, 0.25) is 0 Å². The van der Waals surface area contributed by atoms with Crippen LogP contribution in [0.5, 0.6) is 0 Å². The van der Waals surface area contributed by atoms with Crippen molar-refractivity contribution in [3.63, 3.8) is 0 Å². The topological polar surface area (TPSA) is 89.8 Å². The molecule has 2 N–H and O–H groups in total. The third kappa shape index (κ3) is 16.7. The summed E-state index contributed by atoms with van der Waals surface area (Å²) in [5.41, 5.74) is 0. The molecule has 2 atom stereocenters. The number of aliphatic carboxylic acids is 1. The molecule has 0 aromatic rings. The highest BCUT2D eigenvalue weighted by Gasteiger charge is 2.03. The van der Waals surface area contributed by atoms with Crippen molar-refractivity contribution in [1.29, 1.82) is 0 Å². The van der Waals surface area contributed by atoms with Crippen molar-refractivity contribution in [2.45, 2.75) is 57.7 Å². The van der Waals surface area contributed by atoms with Crippen LogP contribution in [0.25, 0.3) is 0 Å². The quantitative estimate of drug-likeness (QED) is 0.218. The average molecular weight is 349 g/mol. The molecule has 0 radical (unpaired) electrons. The van der Waals surface area contributed by atoms with E-state index in [2.05, 4.69) is 4.89 Å². The predicted octanol–water partition coefficient (Wildman–Crippen LogP) is 3.10. The summed E-state index contributed by atoms with van der Waals surface area (Å²) < 4.78 is 0. The lowest BCUT2D eigenvalue weighted by atomic mass is 10.1. The Balaban J connectivity index is 3.86. The first kappa shape index (κ1) is 23.1. The van der Waals surface area contributed by atoms with E-state index in [1.165, 1.54) is 0 Å². The van der Waals surface area contributed by atoms with Crippen molar-refractivity contribution < 1.29 is 25.2 Å². The summed E-state index contributed by atoms with van der Waals surface area (Å²) in [6.07, 6.45) is 21.1. The Labute approximate surface area is 150 Å². The van der Waals surface area contributed by atoms with Gasteiger partial charge in [-0.1, -0.05) is 67.7 Å². The van der Waals surface area contributed by atoms with E-state index in [0.29, 0.717) is 12.8 Å². The van der Waals surface area contributed by atoms with E-state index in [1.54, 1.807) is 18.2 Å². The average Bonchev–Trinajstić information content (AvgIpc) is 2.60. The van der Waals surface area contributed by atoms with Crippen molar-refractivity contribution in [1.82, 2.24) is 0 Å². The maximum atomic E-state index is 10.3. The summed E-state index contributed by atoms with van der Waals surface area (Å²) in [5.74, 6) is -1.10. The molecule has 0 aliphatic heterocycles. The highest BCUT2D eigenvalue weighted by atomic mass is 17.1. The van der Waals surface area contributed by atoms with Gasteiger partial charge in [0, 0.05) is 5.97 Å². The first-order valence-electron chi connectivity index (χ1n) is 8.59. The van der Waals surface area contributed by atoms with Crippen LogP contribution in [0.4, 0.5) is 0 Å². The molecular weight excluding hydrogens is 320 g/mol. The SMILES string of the molecule is CCC(O)/C=C/C=C\C/C=C\C/C=C\C=C\[C@H](CCCC(=O)[O-])OO. The Morgan fingerprint density at radius 1 is 1.04 bits per heavy atom. The smallest absolute Gasteiger partial charge is 0.111 e. The second-order valence-corrected chi connectivity index (χ2v) is 5.45. The number of aliphatic hydroxyl groups is 1. The van der Waals surface area contributed by atoms with Crippen LogP contribution in [-0.4, -0.2) is 28.5 Å². The molecule has 0 amide bonds. The summed E-state index contributed by atoms with van der Waals surface area (Å²) in [7, 11) is 0. The predicted molar refractivity (Wildman–Crippen MR) is 97.6 cm³/mol. The Bertz CT molecular complexity index is 474. The van der Waals surface area contributed by atoms with E-state index in [0.717, 1.165) is 19.3 Å². The zero-order valence-electron chi connectivity index (χ0n) is 14.8. The maximum Gasteiger partial charge on any atom is 0.111 e. The largest absolute Gasteiger partial charge is 0.550 e. The van der Waals surface area contributed by atoms with Gasteiger partial charge in [0.05, 0.1) is 6.10 Å². The monoisotopic (exact) mass is 349 g/mol. The van der Waals surface area contributed by atoms with E-state index >= 15 is 0 Å². The van der Waals surface area contributed by atoms with Gasteiger partial charge in [0.15, 0.2) is 0 Å². The van der Waals surface area contributed by atoms with Crippen LogP contribution in [0.2, 0.25) is 0 Å². The van der Waals surface area contributed by atoms with Gasteiger partial charge in [-0.05, 0) is 38.5 Å². The van der Waals surface area contributed by atoms with Crippen molar-refractivity contribution in [2.75, 3.05) is 0 Å². The summed E-state index contributed by atoms with van der Waals surface area (Å²) in [5, 5.41) is 28.3. The zero-order valence-corrected chi connectivity index (χ0v) is 14.8. The number of carbonyl (C=O) groups excluding carboxylic acids is 1. The van der Waals surface area contributed by atoms with E-state index in [1.807, 2.05) is 49.5 Å². The highest BCUT2D eigenvalue weighted by Crippen LogP contribution is 2.05. The second-order valence-electron chi connectivity index (χ2n) is 5.45. The minimum Gasteiger partial charge on any atom is -0.550 e. The summed E-state index contributed by atoms with van der Waals surface area (Å²) in [6.45, 7) is 1.93. The van der Waals surface area contributed by atoms with Crippen LogP contribution in [-0.2, 0) is 9.68 Å². The fourth-order valence-corrected chi connectivity index (χ4v) is 1.81. The fraction of sp³-hybridized carbons (Fsp3) is 0.450. The number of rotatable bonds is 14. The number of allylic oxidation sites excluding steroid dienone is 8. The fourth-order valence-electron chi connectivity index (χ4n) is 1.81. The lowest BCUT2D eigenvalue weighted by Crippen LogP contribution is -2.22. The molecule has 0 bridgehead atoms. The van der Waals surface area contributed by atoms with Crippen LogP contribution >= 0.6 is 0 Å². The van der Waals surface area contributed by atoms with Crippen LogP contribution in [0.15, 0.2) is 60.8 Å². The van der Waals surface area contributed by atoms with Gasteiger partial charge in [0.1, 0.15) is 6.10 Å². The Morgan fingerprint density at radius 3 is 2.16 bits per heavy atom. The normalized spacial score (nSPS) is 15.3. The molecule has 0 aromatic heterocycles. The van der Waals surface area contributed by atoms with Gasteiger partial charge in [-0.15, -0.1) is 0 Å². The van der Waals surface area contributed by atoms with E-state index < -0.39 is 12.1 Å². The van der Waals surface area contributed by atoms with Crippen molar-refractivity contribution in [3.05, 3.63) is 60.8 Å². The summed E-state index contributed by atoms with van der Waals surface area (Å²) in [6, 6.07) is 0. The number of carboxylic acid groups (broad SMARTS) is 1. The van der Waals surface area contributed by atoms with E-state index in [4.69, 9.17) is 5.26 Å². The first-order valence-corrected chi connectivity index (χ1v) is 8.59. The van der Waals surface area contributed by atoms with Gasteiger partial charge in [0.25, 0.3) is 0 Å². The highest BCUT2D eigenvalue weighted by molar-refractivity contribution is 5.64. The molecule has 5 nitrogen and oxygen atoms in total. The lowest BCUT2D eigenvalue weighted by Gasteiger charge is -2.08. The number of carboxylic acids is 1.